The Morgan fingerprint density at radius 2 is 2.35 bits per heavy atom. The van der Waals surface area contributed by atoms with Gasteiger partial charge in [-0.2, -0.15) is 0 Å². The minimum Gasteiger partial charge on any atom is -0.377 e. The predicted molar refractivity (Wildman–Crippen MR) is 102 cm³/mol. The molecule has 2 saturated carbocycles. The van der Waals surface area contributed by atoms with Crippen LogP contribution in [-0.2, 0) is 11.3 Å². The molecule has 5 nitrogen and oxygen atoms in total. The topological polar surface area (TPSA) is 52.7 Å². The highest BCUT2D eigenvalue weighted by Crippen LogP contribution is 2.62. The molecule has 0 amide bonds. The fourth-order valence-corrected chi connectivity index (χ4v) is 4.74. The van der Waals surface area contributed by atoms with Crippen LogP contribution in [0.3, 0.4) is 0 Å². The molecular formula is C17H27IN4O. The van der Waals surface area contributed by atoms with Crippen molar-refractivity contribution in [2.75, 3.05) is 20.7 Å². The second-order valence-corrected chi connectivity index (χ2v) is 7.05. The lowest BCUT2D eigenvalue weighted by atomic mass is 9.46. The standard InChI is InChI=1S/C17H26N4O.HI/c1-18-16(21(2)11-12-5-3-9-19-12)20-14-13-6-10-22-15(13)17(14)7-4-8-17;/h3,5,9,13-15,19H,4,6-8,10-11H2,1-2H3,(H,18,20);1H. The SMILES string of the molecule is CN=C(NC1C2CCOC2C12CCC2)N(C)Cc1ccc[nH]1.I. The molecule has 3 fully saturated rings. The van der Waals surface area contributed by atoms with E-state index in [2.05, 4.69) is 33.3 Å². The average molecular weight is 430 g/mol. The van der Waals surface area contributed by atoms with Crippen molar-refractivity contribution in [1.82, 2.24) is 15.2 Å². The number of aromatic amines is 1. The summed E-state index contributed by atoms with van der Waals surface area (Å²) in [6.07, 6.45) is 7.63. The van der Waals surface area contributed by atoms with Crippen molar-refractivity contribution in [3.8, 4) is 0 Å². The Labute approximate surface area is 155 Å². The van der Waals surface area contributed by atoms with Crippen LogP contribution in [0.1, 0.15) is 31.4 Å². The molecule has 128 valence electrons. The predicted octanol–water partition coefficient (Wildman–Crippen LogP) is 2.60. The van der Waals surface area contributed by atoms with E-state index in [9.17, 15) is 0 Å². The zero-order chi connectivity index (χ0) is 15.2. The molecule has 0 aromatic carbocycles. The van der Waals surface area contributed by atoms with Crippen molar-refractivity contribution >= 4 is 29.9 Å². The minimum atomic E-state index is 0. The molecule has 0 radical (unpaired) electrons. The van der Waals surface area contributed by atoms with Crippen LogP contribution in [0, 0.1) is 11.3 Å². The van der Waals surface area contributed by atoms with Crippen molar-refractivity contribution in [1.29, 1.82) is 0 Å². The van der Waals surface area contributed by atoms with Gasteiger partial charge in [0, 0.05) is 50.0 Å². The second-order valence-electron chi connectivity index (χ2n) is 7.05. The summed E-state index contributed by atoms with van der Waals surface area (Å²) >= 11 is 0. The quantitative estimate of drug-likeness (QED) is 0.441. The normalized spacial score (nSPS) is 30.9. The van der Waals surface area contributed by atoms with Gasteiger partial charge in [-0.3, -0.25) is 4.99 Å². The number of halogens is 1. The number of ether oxygens (including phenoxy) is 1. The van der Waals surface area contributed by atoms with Crippen LogP contribution in [0.2, 0.25) is 0 Å². The highest BCUT2D eigenvalue weighted by Gasteiger charge is 2.66. The summed E-state index contributed by atoms with van der Waals surface area (Å²) in [5.74, 6) is 1.67. The van der Waals surface area contributed by atoms with Gasteiger partial charge in [-0.05, 0) is 31.4 Å². The van der Waals surface area contributed by atoms with Crippen molar-refractivity contribution < 1.29 is 4.74 Å². The third kappa shape index (κ3) is 2.67. The molecule has 4 rings (SSSR count). The van der Waals surface area contributed by atoms with Gasteiger partial charge in [0.15, 0.2) is 5.96 Å². The fourth-order valence-electron chi connectivity index (χ4n) is 4.74. The Morgan fingerprint density at radius 3 is 2.96 bits per heavy atom. The highest BCUT2D eigenvalue weighted by atomic mass is 127. The smallest absolute Gasteiger partial charge is 0.193 e. The van der Waals surface area contributed by atoms with Gasteiger partial charge >= 0.3 is 0 Å². The van der Waals surface area contributed by atoms with E-state index in [-0.39, 0.29) is 24.0 Å². The van der Waals surface area contributed by atoms with Crippen molar-refractivity contribution in [2.24, 2.45) is 16.3 Å². The largest absolute Gasteiger partial charge is 0.377 e. The van der Waals surface area contributed by atoms with Crippen molar-refractivity contribution in [2.45, 2.75) is 44.4 Å². The molecule has 6 heteroatoms. The van der Waals surface area contributed by atoms with Crippen LogP contribution >= 0.6 is 24.0 Å². The van der Waals surface area contributed by atoms with Gasteiger partial charge in [-0.15, -0.1) is 24.0 Å². The molecule has 3 aliphatic rings. The molecule has 23 heavy (non-hydrogen) atoms. The Kier molecular flexibility index (Phi) is 4.92. The summed E-state index contributed by atoms with van der Waals surface area (Å²) in [6, 6.07) is 4.69. The van der Waals surface area contributed by atoms with Gasteiger partial charge in [-0.25, -0.2) is 0 Å². The Hall–Kier alpha value is -0.760. The van der Waals surface area contributed by atoms with Crippen LogP contribution in [0.5, 0.6) is 0 Å². The molecule has 0 bridgehead atoms. The molecule has 2 aliphatic carbocycles. The lowest BCUT2D eigenvalue weighted by molar-refractivity contribution is -0.171. The molecule has 2 heterocycles. The Bertz CT molecular complexity index is 555. The van der Waals surface area contributed by atoms with Gasteiger partial charge in [0.05, 0.1) is 12.6 Å². The lowest BCUT2D eigenvalue weighted by Crippen LogP contribution is -2.72. The van der Waals surface area contributed by atoms with E-state index < -0.39 is 0 Å². The molecule has 3 atom stereocenters. The molecule has 1 spiro atoms. The third-order valence-corrected chi connectivity index (χ3v) is 5.96. The van der Waals surface area contributed by atoms with E-state index in [1.807, 2.05) is 19.3 Å². The summed E-state index contributed by atoms with van der Waals surface area (Å²) in [7, 11) is 3.98. The van der Waals surface area contributed by atoms with Gasteiger partial charge in [0.25, 0.3) is 0 Å². The average Bonchev–Trinajstić information content (AvgIpc) is 3.09. The first-order chi connectivity index (χ1) is 10.7. The number of nitrogens with zero attached hydrogens (tertiary/aromatic N) is 2. The zero-order valence-electron chi connectivity index (χ0n) is 13.9. The van der Waals surface area contributed by atoms with Gasteiger partial charge < -0.3 is 19.9 Å². The van der Waals surface area contributed by atoms with Crippen LogP contribution in [-0.4, -0.2) is 48.7 Å². The monoisotopic (exact) mass is 430 g/mol. The molecule has 1 aromatic rings. The van der Waals surface area contributed by atoms with Gasteiger partial charge in [0.1, 0.15) is 0 Å². The minimum absolute atomic E-state index is 0. The summed E-state index contributed by atoms with van der Waals surface area (Å²) in [4.78, 5) is 9.96. The van der Waals surface area contributed by atoms with Crippen LogP contribution < -0.4 is 5.32 Å². The number of aliphatic imine (C=N–C) groups is 1. The van der Waals surface area contributed by atoms with Gasteiger partial charge in [0.2, 0.25) is 0 Å². The zero-order valence-corrected chi connectivity index (χ0v) is 16.2. The van der Waals surface area contributed by atoms with Crippen LogP contribution in [0.25, 0.3) is 0 Å². The second kappa shape index (κ2) is 6.63. The number of H-pyrrole nitrogens is 1. The molecule has 3 unspecified atom stereocenters. The fraction of sp³-hybridized carbons (Fsp3) is 0.706. The van der Waals surface area contributed by atoms with Crippen LogP contribution in [0.4, 0.5) is 0 Å². The Morgan fingerprint density at radius 1 is 1.52 bits per heavy atom. The van der Waals surface area contributed by atoms with Crippen LogP contribution in [0.15, 0.2) is 23.3 Å². The first kappa shape index (κ1) is 17.1. The van der Waals surface area contributed by atoms with E-state index in [0.29, 0.717) is 23.5 Å². The van der Waals surface area contributed by atoms with Gasteiger partial charge in [-0.1, -0.05) is 6.42 Å². The molecule has 2 N–H and O–H groups in total. The van der Waals surface area contributed by atoms with E-state index in [4.69, 9.17) is 4.74 Å². The maximum Gasteiger partial charge on any atom is 0.193 e. The lowest BCUT2D eigenvalue weighted by Gasteiger charge is -2.63. The van der Waals surface area contributed by atoms with E-state index in [1.54, 1.807) is 0 Å². The first-order valence-corrected chi connectivity index (χ1v) is 8.43. The van der Waals surface area contributed by atoms with E-state index in [0.717, 1.165) is 19.1 Å². The van der Waals surface area contributed by atoms with Crippen molar-refractivity contribution in [3.05, 3.63) is 24.0 Å². The summed E-state index contributed by atoms with van der Waals surface area (Å²) < 4.78 is 6.00. The number of fused-ring (bicyclic) bond motifs is 2. The molecule has 1 aliphatic heterocycles. The first-order valence-electron chi connectivity index (χ1n) is 8.43. The highest BCUT2D eigenvalue weighted by molar-refractivity contribution is 14.0. The molecule has 1 aromatic heterocycles. The molecule has 1 saturated heterocycles. The maximum absolute atomic E-state index is 6.00. The number of aromatic nitrogens is 1. The van der Waals surface area contributed by atoms with Crippen molar-refractivity contribution in [3.63, 3.8) is 0 Å². The number of hydrogen-bond donors (Lipinski definition) is 2. The number of guanidine groups is 1. The molecular weight excluding hydrogens is 403 g/mol. The summed E-state index contributed by atoms with van der Waals surface area (Å²) in [5, 5.41) is 3.76. The number of nitrogens with one attached hydrogen (secondary N) is 2. The Balaban J connectivity index is 0.00000156. The summed E-state index contributed by atoms with van der Waals surface area (Å²) in [5.41, 5.74) is 1.60. The summed E-state index contributed by atoms with van der Waals surface area (Å²) in [6.45, 7) is 1.78. The maximum atomic E-state index is 6.00. The van der Waals surface area contributed by atoms with E-state index >= 15 is 0 Å². The third-order valence-electron chi connectivity index (χ3n) is 5.96. The number of hydrogen-bond acceptors (Lipinski definition) is 2. The number of rotatable bonds is 3. The van der Waals surface area contributed by atoms with E-state index in [1.165, 1.54) is 31.4 Å².